The molecule has 0 aliphatic carbocycles. The minimum atomic E-state index is -0.456. The predicted octanol–water partition coefficient (Wildman–Crippen LogP) is 2.95. The van der Waals surface area contributed by atoms with Gasteiger partial charge in [0.05, 0.1) is 6.61 Å². The quantitative estimate of drug-likeness (QED) is 0.620. The number of ether oxygens (including phenoxy) is 2. The average molecular weight is 280 g/mol. The summed E-state index contributed by atoms with van der Waals surface area (Å²) in [6.07, 6.45) is 1.32. The lowest BCUT2D eigenvalue weighted by atomic mass is 10.2. The summed E-state index contributed by atoms with van der Waals surface area (Å²) in [5.74, 6) is 0.805. The van der Waals surface area contributed by atoms with Gasteiger partial charge in [0.15, 0.2) is 0 Å². The fourth-order valence-electron chi connectivity index (χ4n) is 1.49. The number of hydrogen-bond acceptors (Lipinski definition) is 4. The second-order valence-corrected chi connectivity index (χ2v) is 5.55. The second kappa shape index (κ2) is 7.62. The average Bonchev–Trinajstić information content (AvgIpc) is 2.33. The Bertz CT molecular complexity index is 410. The van der Waals surface area contributed by atoms with Gasteiger partial charge in [0.25, 0.3) is 0 Å². The van der Waals surface area contributed by atoms with Crippen LogP contribution in [0.25, 0.3) is 0 Å². The summed E-state index contributed by atoms with van der Waals surface area (Å²) in [7, 11) is 0. The van der Waals surface area contributed by atoms with Gasteiger partial charge < -0.3 is 20.5 Å². The molecule has 0 radical (unpaired) electrons. The molecule has 20 heavy (non-hydrogen) atoms. The zero-order valence-electron chi connectivity index (χ0n) is 12.4. The number of carbonyl (C=O) groups is 1. The summed E-state index contributed by atoms with van der Waals surface area (Å²) in [5.41, 5.74) is 5.85. The first kappa shape index (κ1) is 16.1. The Morgan fingerprint density at radius 1 is 1.20 bits per heavy atom. The highest BCUT2D eigenvalue weighted by Gasteiger charge is 2.15. The molecule has 0 aliphatic heterocycles. The molecule has 3 N–H and O–H groups in total. The molecular formula is C15H24N2O3. The van der Waals surface area contributed by atoms with E-state index in [0.717, 1.165) is 24.3 Å². The molecule has 0 saturated carbocycles. The smallest absolute Gasteiger partial charge is 0.407 e. The zero-order chi connectivity index (χ0) is 15.0. The van der Waals surface area contributed by atoms with E-state index in [9.17, 15) is 4.79 Å². The highest BCUT2D eigenvalue weighted by Crippen LogP contribution is 2.13. The van der Waals surface area contributed by atoms with Gasteiger partial charge in [0, 0.05) is 12.2 Å². The Balaban J connectivity index is 2.05. The van der Waals surface area contributed by atoms with Crippen LogP contribution in [0.1, 0.15) is 33.6 Å². The predicted molar refractivity (Wildman–Crippen MR) is 79.8 cm³/mol. The van der Waals surface area contributed by atoms with Gasteiger partial charge in [-0.25, -0.2) is 4.79 Å². The third kappa shape index (κ3) is 7.51. The first-order chi connectivity index (χ1) is 9.37. The van der Waals surface area contributed by atoms with Gasteiger partial charge in [-0.15, -0.1) is 0 Å². The summed E-state index contributed by atoms with van der Waals surface area (Å²) in [6, 6.07) is 7.29. The number of benzene rings is 1. The van der Waals surface area contributed by atoms with Crippen molar-refractivity contribution in [2.45, 2.75) is 39.2 Å². The third-order valence-corrected chi connectivity index (χ3v) is 2.39. The largest absolute Gasteiger partial charge is 0.494 e. The number of nitrogen functional groups attached to an aromatic ring is 1. The molecular weight excluding hydrogens is 256 g/mol. The fraction of sp³-hybridized carbons (Fsp3) is 0.533. The molecule has 5 heteroatoms. The highest BCUT2D eigenvalue weighted by atomic mass is 16.6. The standard InChI is InChI=1S/C15H24N2O3/c1-15(2,3)20-14(18)17-10-4-5-11-19-13-8-6-12(16)7-9-13/h6-9H,4-5,10-11,16H2,1-3H3,(H,17,18). The summed E-state index contributed by atoms with van der Waals surface area (Å²) in [6.45, 7) is 6.72. The molecule has 1 amide bonds. The van der Waals surface area contributed by atoms with E-state index in [1.54, 1.807) is 12.1 Å². The fourth-order valence-corrected chi connectivity index (χ4v) is 1.49. The number of alkyl carbamates (subject to hydrolysis) is 1. The van der Waals surface area contributed by atoms with Crippen molar-refractivity contribution in [2.75, 3.05) is 18.9 Å². The van der Waals surface area contributed by atoms with Crippen LogP contribution in [0, 0.1) is 0 Å². The van der Waals surface area contributed by atoms with Crippen molar-refractivity contribution < 1.29 is 14.3 Å². The van der Waals surface area contributed by atoms with Crippen LogP contribution in [0.3, 0.4) is 0 Å². The van der Waals surface area contributed by atoms with Gasteiger partial charge in [-0.05, 0) is 57.9 Å². The van der Waals surface area contributed by atoms with Crippen LogP contribution in [-0.4, -0.2) is 24.8 Å². The maximum atomic E-state index is 11.4. The summed E-state index contributed by atoms with van der Waals surface area (Å²) in [4.78, 5) is 11.4. The maximum absolute atomic E-state index is 11.4. The normalized spacial score (nSPS) is 10.9. The Morgan fingerprint density at radius 3 is 2.45 bits per heavy atom. The SMILES string of the molecule is CC(C)(C)OC(=O)NCCCCOc1ccc(N)cc1. The van der Waals surface area contributed by atoms with E-state index >= 15 is 0 Å². The van der Waals surface area contributed by atoms with E-state index < -0.39 is 5.60 Å². The number of nitrogens with two attached hydrogens (primary N) is 1. The molecule has 0 atom stereocenters. The first-order valence-electron chi connectivity index (χ1n) is 6.82. The maximum Gasteiger partial charge on any atom is 0.407 e. The second-order valence-electron chi connectivity index (χ2n) is 5.55. The van der Waals surface area contributed by atoms with Gasteiger partial charge in [-0.3, -0.25) is 0 Å². The number of amides is 1. The number of unbranched alkanes of at least 4 members (excludes halogenated alkanes) is 1. The number of carbonyl (C=O) groups excluding carboxylic acids is 1. The van der Waals surface area contributed by atoms with Crippen LogP contribution in [0.2, 0.25) is 0 Å². The van der Waals surface area contributed by atoms with E-state index in [4.69, 9.17) is 15.2 Å². The number of nitrogens with one attached hydrogen (secondary N) is 1. The van der Waals surface area contributed by atoms with Gasteiger partial charge in [-0.2, -0.15) is 0 Å². The lowest BCUT2D eigenvalue weighted by molar-refractivity contribution is 0.0526. The number of hydrogen-bond donors (Lipinski definition) is 2. The Labute approximate surface area is 120 Å². The van der Waals surface area contributed by atoms with Gasteiger partial charge in [0.1, 0.15) is 11.4 Å². The Hall–Kier alpha value is -1.91. The van der Waals surface area contributed by atoms with Crippen LogP contribution in [0.15, 0.2) is 24.3 Å². The molecule has 1 aromatic rings. The van der Waals surface area contributed by atoms with Crippen molar-refractivity contribution in [3.8, 4) is 5.75 Å². The van der Waals surface area contributed by atoms with Crippen LogP contribution >= 0.6 is 0 Å². The lowest BCUT2D eigenvalue weighted by Crippen LogP contribution is -2.33. The van der Waals surface area contributed by atoms with Crippen molar-refractivity contribution in [3.05, 3.63) is 24.3 Å². The zero-order valence-corrected chi connectivity index (χ0v) is 12.4. The summed E-state index contributed by atoms with van der Waals surface area (Å²) in [5, 5.41) is 2.71. The van der Waals surface area contributed by atoms with Crippen LogP contribution in [0.4, 0.5) is 10.5 Å². The van der Waals surface area contributed by atoms with Crippen molar-refractivity contribution in [3.63, 3.8) is 0 Å². The van der Waals surface area contributed by atoms with E-state index in [1.807, 2.05) is 32.9 Å². The van der Waals surface area contributed by atoms with Crippen molar-refractivity contribution in [1.29, 1.82) is 0 Å². The molecule has 0 aromatic heterocycles. The molecule has 112 valence electrons. The molecule has 0 aliphatic rings. The Morgan fingerprint density at radius 2 is 1.85 bits per heavy atom. The highest BCUT2D eigenvalue weighted by molar-refractivity contribution is 5.67. The summed E-state index contributed by atoms with van der Waals surface area (Å²) < 4.78 is 10.7. The minimum absolute atomic E-state index is 0.378. The first-order valence-corrected chi connectivity index (χ1v) is 6.82. The molecule has 5 nitrogen and oxygen atoms in total. The molecule has 0 fully saturated rings. The van der Waals surface area contributed by atoms with Gasteiger partial charge in [0.2, 0.25) is 0 Å². The van der Waals surface area contributed by atoms with Crippen LogP contribution in [0.5, 0.6) is 5.75 Å². The van der Waals surface area contributed by atoms with Gasteiger partial charge in [-0.1, -0.05) is 0 Å². The van der Waals surface area contributed by atoms with E-state index in [-0.39, 0.29) is 6.09 Å². The number of rotatable bonds is 6. The van der Waals surface area contributed by atoms with E-state index in [2.05, 4.69) is 5.32 Å². The molecule has 0 heterocycles. The number of anilines is 1. The van der Waals surface area contributed by atoms with E-state index in [0.29, 0.717) is 13.2 Å². The molecule has 1 rings (SSSR count). The Kier molecular flexibility index (Phi) is 6.15. The van der Waals surface area contributed by atoms with Gasteiger partial charge >= 0.3 is 6.09 Å². The van der Waals surface area contributed by atoms with Crippen molar-refractivity contribution in [2.24, 2.45) is 0 Å². The molecule has 0 unspecified atom stereocenters. The van der Waals surface area contributed by atoms with Crippen LogP contribution < -0.4 is 15.8 Å². The molecule has 0 spiro atoms. The summed E-state index contributed by atoms with van der Waals surface area (Å²) >= 11 is 0. The third-order valence-electron chi connectivity index (χ3n) is 2.39. The monoisotopic (exact) mass is 280 g/mol. The minimum Gasteiger partial charge on any atom is -0.494 e. The van der Waals surface area contributed by atoms with Crippen LogP contribution in [-0.2, 0) is 4.74 Å². The molecule has 0 bridgehead atoms. The van der Waals surface area contributed by atoms with Crippen molar-refractivity contribution in [1.82, 2.24) is 5.32 Å². The van der Waals surface area contributed by atoms with Crippen molar-refractivity contribution >= 4 is 11.8 Å². The molecule has 1 aromatic carbocycles. The molecule has 0 saturated heterocycles. The topological polar surface area (TPSA) is 73.6 Å². The lowest BCUT2D eigenvalue weighted by Gasteiger charge is -2.19. The van der Waals surface area contributed by atoms with E-state index in [1.165, 1.54) is 0 Å².